The molecule has 92 valence electrons. The van der Waals surface area contributed by atoms with Gasteiger partial charge in [-0.15, -0.1) is 0 Å². The first-order valence-corrected chi connectivity index (χ1v) is 6.36. The number of hydrogen-bond acceptors (Lipinski definition) is 3. The molecule has 1 saturated heterocycles. The van der Waals surface area contributed by atoms with Gasteiger partial charge in [-0.3, -0.25) is 4.79 Å². The van der Waals surface area contributed by atoms with E-state index in [1.54, 1.807) is 4.90 Å². The Balaban J connectivity index is 1.82. The van der Waals surface area contributed by atoms with Crippen LogP contribution in [-0.4, -0.2) is 36.5 Å². The summed E-state index contributed by atoms with van der Waals surface area (Å²) in [6, 6.07) is 7.53. The zero-order valence-corrected chi connectivity index (χ0v) is 11.0. The molecule has 1 amide bonds. The Morgan fingerprint density at radius 1 is 1.47 bits per heavy atom. The van der Waals surface area contributed by atoms with Crippen molar-refractivity contribution >= 4 is 21.8 Å². The van der Waals surface area contributed by atoms with Gasteiger partial charge in [-0.2, -0.15) is 0 Å². The number of likely N-dealkylation sites (tertiary alicyclic amines) is 1. The van der Waals surface area contributed by atoms with Crippen LogP contribution in [0.5, 0.6) is 5.75 Å². The normalized spacial score (nSPS) is 19.4. The first kappa shape index (κ1) is 12.4. The highest BCUT2D eigenvalue weighted by atomic mass is 79.9. The van der Waals surface area contributed by atoms with Crippen LogP contribution in [0.2, 0.25) is 0 Å². The number of rotatable bonds is 3. The molecule has 1 aromatic rings. The maximum Gasteiger partial charge on any atom is 0.260 e. The van der Waals surface area contributed by atoms with Gasteiger partial charge in [-0.05, 0) is 30.7 Å². The molecule has 1 aromatic carbocycles. The fraction of sp³-hybridized carbons (Fsp3) is 0.417. The molecule has 17 heavy (non-hydrogen) atoms. The van der Waals surface area contributed by atoms with Crippen molar-refractivity contribution < 1.29 is 9.53 Å². The Kier molecular flexibility index (Phi) is 4.02. The number of nitrogens with two attached hydrogens (primary N) is 1. The molecule has 2 rings (SSSR count). The van der Waals surface area contributed by atoms with Crippen LogP contribution in [0.4, 0.5) is 0 Å². The summed E-state index contributed by atoms with van der Waals surface area (Å²) in [7, 11) is 0. The van der Waals surface area contributed by atoms with Gasteiger partial charge in [0.25, 0.3) is 5.91 Å². The summed E-state index contributed by atoms with van der Waals surface area (Å²) in [5.41, 5.74) is 5.75. The number of benzene rings is 1. The summed E-state index contributed by atoms with van der Waals surface area (Å²) in [5, 5.41) is 0. The van der Waals surface area contributed by atoms with E-state index in [1.807, 2.05) is 24.3 Å². The molecular formula is C12H15BrN2O2. The molecule has 1 heterocycles. The number of amides is 1. The zero-order valence-electron chi connectivity index (χ0n) is 9.43. The van der Waals surface area contributed by atoms with Crippen molar-refractivity contribution in [3.05, 3.63) is 28.7 Å². The van der Waals surface area contributed by atoms with Gasteiger partial charge in [-0.25, -0.2) is 0 Å². The third-order valence-electron chi connectivity index (χ3n) is 2.75. The summed E-state index contributed by atoms with van der Waals surface area (Å²) >= 11 is 3.34. The molecule has 1 fully saturated rings. The van der Waals surface area contributed by atoms with Gasteiger partial charge in [0.2, 0.25) is 0 Å². The van der Waals surface area contributed by atoms with Crippen LogP contribution in [0.3, 0.4) is 0 Å². The molecule has 0 aliphatic carbocycles. The van der Waals surface area contributed by atoms with Gasteiger partial charge in [0.15, 0.2) is 6.61 Å². The van der Waals surface area contributed by atoms with Gasteiger partial charge in [0.1, 0.15) is 5.75 Å². The van der Waals surface area contributed by atoms with Crippen LogP contribution >= 0.6 is 15.9 Å². The van der Waals surface area contributed by atoms with Crippen LogP contribution in [0.25, 0.3) is 0 Å². The van der Waals surface area contributed by atoms with Crippen molar-refractivity contribution in [3.63, 3.8) is 0 Å². The second-order valence-electron chi connectivity index (χ2n) is 4.13. The lowest BCUT2D eigenvalue weighted by molar-refractivity contribution is -0.132. The third-order valence-corrected chi connectivity index (χ3v) is 3.28. The quantitative estimate of drug-likeness (QED) is 0.917. The van der Waals surface area contributed by atoms with Crippen molar-refractivity contribution in [2.24, 2.45) is 5.73 Å². The lowest BCUT2D eigenvalue weighted by atomic mass is 10.3. The molecule has 1 atom stereocenters. The number of carbonyl (C=O) groups excluding carboxylic acids is 1. The van der Waals surface area contributed by atoms with Gasteiger partial charge in [-0.1, -0.05) is 15.9 Å². The highest BCUT2D eigenvalue weighted by molar-refractivity contribution is 9.10. The molecule has 1 aliphatic heterocycles. The molecule has 0 unspecified atom stereocenters. The van der Waals surface area contributed by atoms with Crippen LogP contribution in [-0.2, 0) is 4.79 Å². The lowest BCUT2D eigenvalue weighted by Gasteiger charge is -2.16. The molecule has 0 aromatic heterocycles. The van der Waals surface area contributed by atoms with Gasteiger partial charge >= 0.3 is 0 Å². The highest BCUT2D eigenvalue weighted by Crippen LogP contribution is 2.16. The van der Waals surface area contributed by atoms with Gasteiger partial charge in [0.05, 0.1) is 0 Å². The van der Waals surface area contributed by atoms with E-state index >= 15 is 0 Å². The monoisotopic (exact) mass is 298 g/mol. The van der Waals surface area contributed by atoms with Crippen molar-refractivity contribution in [3.8, 4) is 5.75 Å². The smallest absolute Gasteiger partial charge is 0.260 e. The Morgan fingerprint density at radius 3 is 2.76 bits per heavy atom. The summed E-state index contributed by atoms with van der Waals surface area (Å²) in [6.07, 6.45) is 0.879. The topological polar surface area (TPSA) is 55.6 Å². The minimum absolute atomic E-state index is 0.000804. The average Bonchev–Trinajstić information content (AvgIpc) is 2.75. The molecule has 5 heteroatoms. The van der Waals surface area contributed by atoms with E-state index in [4.69, 9.17) is 10.5 Å². The molecule has 4 nitrogen and oxygen atoms in total. The Labute approximate surface area is 109 Å². The van der Waals surface area contributed by atoms with E-state index < -0.39 is 0 Å². The molecule has 0 bridgehead atoms. The van der Waals surface area contributed by atoms with Crippen LogP contribution in [0.15, 0.2) is 28.7 Å². The predicted octanol–water partition coefficient (Wildman–Crippen LogP) is 1.39. The third kappa shape index (κ3) is 3.44. The number of halogens is 1. The van der Waals surface area contributed by atoms with Crippen molar-refractivity contribution in [2.45, 2.75) is 12.5 Å². The molecular weight excluding hydrogens is 284 g/mol. The van der Waals surface area contributed by atoms with Crippen molar-refractivity contribution in [1.82, 2.24) is 4.90 Å². The lowest BCUT2D eigenvalue weighted by Crippen LogP contribution is -2.35. The first-order chi connectivity index (χ1) is 8.15. The Morgan fingerprint density at radius 2 is 2.18 bits per heavy atom. The Bertz CT molecular complexity index is 394. The summed E-state index contributed by atoms with van der Waals surface area (Å²) in [4.78, 5) is 13.5. The number of hydrogen-bond donors (Lipinski definition) is 1. The predicted molar refractivity (Wildman–Crippen MR) is 68.8 cm³/mol. The summed E-state index contributed by atoms with van der Waals surface area (Å²) in [6.45, 7) is 1.46. The maximum atomic E-state index is 11.8. The highest BCUT2D eigenvalue weighted by Gasteiger charge is 2.23. The van der Waals surface area contributed by atoms with Crippen LogP contribution < -0.4 is 10.5 Å². The second kappa shape index (κ2) is 5.51. The minimum atomic E-state index is 0.000804. The maximum absolute atomic E-state index is 11.8. The van der Waals surface area contributed by atoms with Crippen molar-refractivity contribution in [2.75, 3.05) is 19.7 Å². The summed E-state index contributed by atoms with van der Waals surface area (Å²) in [5.74, 6) is 0.700. The minimum Gasteiger partial charge on any atom is -0.484 e. The van der Waals surface area contributed by atoms with Gasteiger partial charge in [0, 0.05) is 23.6 Å². The average molecular weight is 299 g/mol. The number of carbonyl (C=O) groups is 1. The second-order valence-corrected chi connectivity index (χ2v) is 5.05. The summed E-state index contributed by atoms with van der Waals surface area (Å²) < 4.78 is 6.41. The van der Waals surface area contributed by atoms with E-state index in [2.05, 4.69) is 15.9 Å². The number of ether oxygens (including phenoxy) is 1. The zero-order chi connectivity index (χ0) is 12.3. The van der Waals surface area contributed by atoms with E-state index in [9.17, 15) is 4.79 Å². The molecule has 0 spiro atoms. The number of nitrogens with zero attached hydrogens (tertiary/aromatic N) is 1. The van der Waals surface area contributed by atoms with Crippen LogP contribution in [0.1, 0.15) is 6.42 Å². The standard InChI is InChI=1S/C12H15BrN2O2/c13-9-1-3-11(4-2-9)17-8-12(16)15-6-5-10(14)7-15/h1-4,10H,5-8,14H2/t10-/m1/s1. The molecule has 1 aliphatic rings. The van der Waals surface area contributed by atoms with E-state index in [1.165, 1.54) is 0 Å². The van der Waals surface area contributed by atoms with E-state index in [-0.39, 0.29) is 18.6 Å². The first-order valence-electron chi connectivity index (χ1n) is 5.57. The van der Waals surface area contributed by atoms with E-state index in [0.29, 0.717) is 12.3 Å². The fourth-order valence-electron chi connectivity index (χ4n) is 1.78. The largest absolute Gasteiger partial charge is 0.484 e. The van der Waals surface area contributed by atoms with E-state index in [0.717, 1.165) is 17.4 Å². The van der Waals surface area contributed by atoms with Crippen LogP contribution in [0, 0.1) is 0 Å². The Hall–Kier alpha value is -1.07. The molecule has 2 N–H and O–H groups in total. The van der Waals surface area contributed by atoms with Gasteiger partial charge < -0.3 is 15.4 Å². The molecule has 0 radical (unpaired) electrons. The SMILES string of the molecule is N[C@@H]1CCN(C(=O)COc2ccc(Br)cc2)C1. The van der Waals surface area contributed by atoms with Crippen molar-refractivity contribution in [1.29, 1.82) is 0 Å². The fourth-order valence-corrected chi connectivity index (χ4v) is 2.05. The molecule has 0 saturated carbocycles.